The number of carbonyl (C=O) groups is 1. The maximum Gasteiger partial charge on any atom is 0.250 e. The molecule has 3 aromatic rings. The van der Waals surface area contributed by atoms with Crippen LogP contribution < -0.4 is 11.1 Å². The molecule has 0 spiro atoms. The van der Waals surface area contributed by atoms with E-state index in [9.17, 15) is 4.79 Å². The topological polar surface area (TPSA) is 90.1 Å². The third-order valence-corrected chi connectivity index (χ3v) is 4.53. The smallest absolute Gasteiger partial charge is 0.250 e. The van der Waals surface area contributed by atoms with Gasteiger partial charge in [0.25, 0.3) is 5.91 Å². The second-order valence-electron chi connectivity index (χ2n) is 6.38. The molecule has 0 radical (unpaired) electrons. The van der Waals surface area contributed by atoms with Crippen LogP contribution in [0.5, 0.6) is 0 Å². The lowest BCUT2D eigenvalue weighted by atomic mass is 10.0. The minimum absolute atomic E-state index is 0.0957. The van der Waals surface area contributed by atoms with Crippen LogP contribution in [0.1, 0.15) is 41.2 Å². The first-order valence-corrected chi connectivity index (χ1v) is 9.04. The molecule has 140 valence electrons. The molecular formula is C21H24N4O2. The number of aromatic nitrogens is 2. The summed E-state index contributed by atoms with van der Waals surface area (Å²) in [7, 11) is 1.72. The molecule has 0 aliphatic rings. The highest BCUT2D eigenvalue weighted by Crippen LogP contribution is 2.28. The zero-order valence-corrected chi connectivity index (χ0v) is 15.4. The molecule has 0 bridgehead atoms. The zero-order valence-electron chi connectivity index (χ0n) is 15.4. The van der Waals surface area contributed by atoms with E-state index in [1.807, 2.05) is 24.3 Å². The van der Waals surface area contributed by atoms with E-state index in [-0.39, 0.29) is 6.04 Å². The van der Waals surface area contributed by atoms with Gasteiger partial charge in [-0.3, -0.25) is 4.79 Å². The van der Waals surface area contributed by atoms with Gasteiger partial charge in [0.15, 0.2) is 0 Å². The molecule has 0 saturated carbocycles. The lowest BCUT2D eigenvalue weighted by molar-refractivity contribution is 0.100. The molecule has 2 aromatic carbocycles. The molecule has 1 atom stereocenters. The van der Waals surface area contributed by atoms with Crippen LogP contribution in [0.3, 0.4) is 0 Å². The van der Waals surface area contributed by atoms with Gasteiger partial charge in [-0.2, -0.15) is 0 Å². The summed E-state index contributed by atoms with van der Waals surface area (Å²) in [5.74, 6) is 0.202. The van der Waals surface area contributed by atoms with Gasteiger partial charge in [-0.05, 0) is 37.0 Å². The number of carbonyl (C=O) groups excluding carboxylic acids is 1. The van der Waals surface area contributed by atoms with Gasteiger partial charge in [0.2, 0.25) is 0 Å². The molecule has 3 rings (SSSR count). The molecule has 6 heteroatoms. The van der Waals surface area contributed by atoms with Crippen LogP contribution in [-0.2, 0) is 4.74 Å². The number of rotatable bonds is 9. The normalized spacial score (nSPS) is 12.0. The van der Waals surface area contributed by atoms with Gasteiger partial charge in [0.1, 0.15) is 12.1 Å². The Balaban J connectivity index is 1.91. The van der Waals surface area contributed by atoms with Crippen molar-refractivity contribution in [3.8, 4) is 0 Å². The highest BCUT2D eigenvalue weighted by Gasteiger charge is 2.16. The second-order valence-corrected chi connectivity index (χ2v) is 6.38. The largest absolute Gasteiger partial charge is 0.385 e. The Labute approximate surface area is 158 Å². The summed E-state index contributed by atoms with van der Waals surface area (Å²) in [6.07, 6.45) is 4.42. The first kappa shape index (κ1) is 18.8. The number of nitrogens with zero attached hydrogens (tertiary/aromatic N) is 2. The van der Waals surface area contributed by atoms with Crippen molar-refractivity contribution in [3.63, 3.8) is 0 Å². The summed E-state index contributed by atoms with van der Waals surface area (Å²) >= 11 is 0. The summed E-state index contributed by atoms with van der Waals surface area (Å²) in [6, 6.07) is 15.7. The monoisotopic (exact) mass is 364 g/mol. The van der Waals surface area contributed by atoms with Crippen molar-refractivity contribution >= 4 is 22.6 Å². The highest BCUT2D eigenvalue weighted by molar-refractivity contribution is 6.06. The predicted molar refractivity (Wildman–Crippen MR) is 107 cm³/mol. The molecule has 1 aromatic heterocycles. The highest BCUT2D eigenvalue weighted by atomic mass is 16.5. The van der Waals surface area contributed by atoms with Crippen LogP contribution in [0.25, 0.3) is 10.9 Å². The number of hydrogen-bond donors (Lipinski definition) is 2. The van der Waals surface area contributed by atoms with Crippen LogP contribution in [0.4, 0.5) is 5.82 Å². The second kappa shape index (κ2) is 9.09. The number of amides is 1. The SMILES string of the molecule is COCCCC[C@@H](Nc1ncnc2c(C(N)=O)cccc12)c1ccccc1. The molecule has 0 aliphatic heterocycles. The third kappa shape index (κ3) is 4.60. The summed E-state index contributed by atoms with van der Waals surface area (Å²) < 4.78 is 5.16. The van der Waals surface area contributed by atoms with E-state index >= 15 is 0 Å². The van der Waals surface area contributed by atoms with Crippen molar-refractivity contribution in [2.45, 2.75) is 25.3 Å². The summed E-state index contributed by atoms with van der Waals surface area (Å²) in [6.45, 7) is 0.750. The van der Waals surface area contributed by atoms with Crippen LogP contribution in [0.15, 0.2) is 54.9 Å². The molecule has 0 saturated heterocycles. The van der Waals surface area contributed by atoms with Crippen molar-refractivity contribution in [3.05, 3.63) is 66.0 Å². The number of nitrogens with one attached hydrogen (secondary N) is 1. The van der Waals surface area contributed by atoms with Crippen molar-refractivity contribution in [2.75, 3.05) is 19.0 Å². The lowest BCUT2D eigenvalue weighted by Gasteiger charge is -2.21. The summed E-state index contributed by atoms with van der Waals surface area (Å²) in [5.41, 5.74) is 7.63. The molecule has 1 heterocycles. The van der Waals surface area contributed by atoms with Gasteiger partial charge in [-0.15, -0.1) is 0 Å². The van der Waals surface area contributed by atoms with E-state index < -0.39 is 5.91 Å². The Kier molecular flexibility index (Phi) is 6.33. The maximum atomic E-state index is 11.7. The van der Waals surface area contributed by atoms with Crippen molar-refractivity contribution in [1.82, 2.24) is 9.97 Å². The lowest BCUT2D eigenvalue weighted by Crippen LogP contribution is -2.14. The molecule has 1 amide bonds. The van der Waals surface area contributed by atoms with Crippen LogP contribution in [-0.4, -0.2) is 29.6 Å². The fourth-order valence-corrected chi connectivity index (χ4v) is 3.17. The van der Waals surface area contributed by atoms with Crippen molar-refractivity contribution in [1.29, 1.82) is 0 Å². The van der Waals surface area contributed by atoms with E-state index in [0.29, 0.717) is 16.9 Å². The number of methoxy groups -OCH3 is 1. The Morgan fingerprint density at radius 3 is 2.67 bits per heavy atom. The third-order valence-electron chi connectivity index (χ3n) is 4.53. The summed E-state index contributed by atoms with van der Waals surface area (Å²) in [5, 5.41) is 4.32. The van der Waals surface area contributed by atoms with Gasteiger partial charge in [0, 0.05) is 19.1 Å². The van der Waals surface area contributed by atoms with E-state index in [1.165, 1.54) is 11.9 Å². The Hall–Kier alpha value is -2.99. The summed E-state index contributed by atoms with van der Waals surface area (Å²) in [4.78, 5) is 20.4. The Morgan fingerprint density at radius 1 is 1.11 bits per heavy atom. The molecule has 0 fully saturated rings. The molecule has 0 unspecified atom stereocenters. The number of fused-ring (bicyclic) bond motifs is 1. The molecule has 6 nitrogen and oxygen atoms in total. The van der Waals surface area contributed by atoms with E-state index in [0.717, 1.165) is 31.3 Å². The molecular weight excluding hydrogens is 340 g/mol. The Bertz CT molecular complexity index is 899. The van der Waals surface area contributed by atoms with Gasteiger partial charge < -0.3 is 15.8 Å². The maximum absolute atomic E-state index is 11.7. The number of ether oxygens (including phenoxy) is 1. The number of nitrogens with two attached hydrogens (primary N) is 1. The van der Waals surface area contributed by atoms with Crippen LogP contribution >= 0.6 is 0 Å². The van der Waals surface area contributed by atoms with Crippen LogP contribution in [0.2, 0.25) is 0 Å². The minimum Gasteiger partial charge on any atom is -0.385 e. The minimum atomic E-state index is -0.496. The van der Waals surface area contributed by atoms with E-state index in [4.69, 9.17) is 10.5 Å². The molecule has 3 N–H and O–H groups in total. The fraction of sp³-hybridized carbons (Fsp3) is 0.286. The van der Waals surface area contributed by atoms with E-state index in [1.54, 1.807) is 19.2 Å². The van der Waals surface area contributed by atoms with Crippen molar-refractivity contribution < 1.29 is 9.53 Å². The van der Waals surface area contributed by atoms with Crippen molar-refractivity contribution in [2.24, 2.45) is 5.73 Å². The van der Waals surface area contributed by atoms with Crippen LogP contribution in [0, 0.1) is 0 Å². The number of para-hydroxylation sites is 1. The first-order valence-electron chi connectivity index (χ1n) is 9.04. The number of hydrogen-bond acceptors (Lipinski definition) is 5. The standard InChI is InChI=1S/C21H24N4O2/c1-27-13-6-5-12-18(15-8-3-2-4-9-15)25-21-17-11-7-10-16(20(22)26)19(17)23-14-24-21/h2-4,7-11,14,18H,5-6,12-13H2,1H3,(H2,22,26)(H,23,24,25)/t18-/m1/s1. The van der Waals surface area contributed by atoms with E-state index in [2.05, 4.69) is 27.4 Å². The van der Waals surface area contributed by atoms with Gasteiger partial charge in [-0.25, -0.2) is 9.97 Å². The first-order chi connectivity index (χ1) is 13.2. The fourth-order valence-electron chi connectivity index (χ4n) is 3.17. The zero-order chi connectivity index (χ0) is 19.1. The number of benzene rings is 2. The number of anilines is 1. The molecule has 27 heavy (non-hydrogen) atoms. The average molecular weight is 364 g/mol. The predicted octanol–water partition coefficient (Wildman–Crippen LogP) is 3.70. The Morgan fingerprint density at radius 2 is 1.93 bits per heavy atom. The number of primary amides is 1. The van der Waals surface area contributed by atoms with Gasteiger partial charge in [0.05, 0.1) is 17.1 Å². The number of unbranched alkanes of at least 4 members (excludes halogenated alkanes) is 1. The van der Waals surface area contributed by atoms with Gasteiger partial charge >= 0.3 is 0 Å². The molecule has 0 aliphatic carbocycles. The quantitative estimate of drug-likeness (QED) is 0.565. The average Bonchev–Trinajstić information content (AvgIpc) is 2.70. The van der Waals surface area contributed by atoms with Gasteiger partial charge in [-0.1, -0.05) is 36.4 Å².